The van der Waals surface area contributed by atoms with Crippen molar-refractivity contribution in [3.05, 3.63) is 47.5 Å². The fraction of sp³-hybridized carbons (Fsp3) is 0.500. The molecule has 0 saturated carbocycles. The SMILES string of the molecule is CC(c1ccc(Cl)cc1)C(O)(Cn1cncn1)C(C)(C)C. The molecule has 1 aromatic heterocycles. The van der Waals surface area contributed by atoms with Crippen molar-refractivity contribution in [1.29, 1.82) is 0 Å². The molecule has 4 nitrogen and oxygen atoms in total. The average molecular weight is 308 g/mol. The zero-order chi connectivity index (χ0) is 15.7. The summed E-state index contributed by atoms with van der Waals surface area (Å²) in [6.07, 6.45) is 3.11. The third kappa shape index (κ3) is 3.27. The lowest BCUT2D eigenvalue weighted by molar-refractivity contribution is -0.0913. The van der Waals surface area contributed by atoms with Crippen LogP contribution in [0.3, 0.4) is 0 Å². The highest BCUT2D eigenvalue weighted by molar-refractivity contribution is 6.30. The van der Waals surface area contributed by atoms with Crippen LogP contribution in [0.4, 0.5) is 0 Å². The molecule has 1 aromatic carbocycles. The van der Waals surface area contributed by atoms with Gasteiger partial charge in [-0.15, -0.1) is 0 Å². The van der Waals surface area contributed by atoms with E-state index in [9.17, 15) is 5.11 Å². The van der Waals surface area contributed by atoms with E-state index in [0.717, 1.165) is 5.56 Å². The van der Waals surface area contributed by atoms with Crippen LogP contribution in [0, 0.1) is 5.41 Å². The quantitative estimate of drug-likeness (QED) is 0.940. The van der Waals surface area contributed by atoms with Crippen LogP contribution in [-0.2, 0) is 6.54 Å². The van der Waals surface area contributed by atoms with E-state index in [2.05, 4.69) is 10.1 Å². The smallest absolute Gasteiger partial charge is 0.137 e. The van der Waals surface area contributed by atoms with Crippen molar-refractivity contribution in [3.8, 4) is 0 Å². The van der Waals surface area contributed by atoms with Gasteiger partial charge in [-0.3, -0.25) is 4.68 Å². The number of rotatable bonds is 4. The Bertz CT molecular complexity index is 575. The van der Waals surface area contributed by atoms with Crippen LogP contribution in [0.1, 0.15) is 39.2 Å². The summed E-state index contributed by atoms with van der Waals surface area (Å²) >= 11 is 5.95. The van der Waals surface area contributed by atoms with Gasteiger partial charge in [-0.2, -0.15) is 5.10 Å². The number of aromatic nitrogens is 3. The van der Waals surface area contributed by atoms with Crippen molar-refractivity contribution in [2.75, 3.05) is 0 Å². The zero-order valence-electron chi connectivity index (χ0n) is 12.9. The first kappa shape index (κ1) is 16.0. The molecule has 0 saturated heterocycles. The Labute approximate surface area is 130 Å². The van der Waals surface area contributed by atoms with Gasteiger partial charge in [-0.1, -0.05) is 51.4 Å². The van der Waals surface area contributed by atoms with Crippen molar-refractivity contribution >= 4 is 11.6 Å². The molecule has 5 heteroatoms. The molecule has 114 valence electrons. The Balaban J connectivity index is 2.37. The summed E-state index contributed by atoms with van der Waals surface area (Å²) in [5.41, 5.74) is -0.232. The van der Waals surface area contributed by atoms with Crippen molar-refractivity contribution in [1.82, 2.24) is 14.8 Å². The highest BCUT2D eigenvalue weighted by atomic mass is 35.5. The van der Waals surface area contributed by atoms with E-state index in [-0.39, 0.29) is 11.3 Å². The first-order chi connectivity index (χ1) is 9.74. The molecule has 0 radical (unpaired) electrons. The third-order valence-electron chi connectivity index (χ3n) is 4.25. The maximum Gasteiger partial charge on any atom is 0.137 e. The molecule has 0 fully saturated rings. The highest BCUT2D eigenvalue weighted by Gasteiger charge is 2.45. The van der Waals surface area contributed by atoms with Crippen LogP contribution in [0.2, 0.25) is 5.02 Å². The number of hydrogen-bond acceptors (Lipinski definition) is 3. The molecular formula is C16H22ClN3O. The fourth-order valence-corrected chi connectivity index (χ4v) is 2.74. The van der Waals surface area contributed by atoms with E-state index in [4.69, 9.17) is 11.6 Å². The summed E-state index contributed by atoms with van der Waals surface area (Å²) in [6, 6.07) is 7.63. The van der Waals surface area contributed by atoms with E-state index in [1.165, 1.54) is 6.33 Å². The van der Waals surface area contributed by atoms with Gasteiger partial charge in [0, 0.05) is 10.9 Å². The van der Waals surface area contributed by atoms with Crippen molar-refractivity contribution in [2.24, 2.45) is 5.41 Å². The molecule has 0 aliphatic carbocycles. The van der Waals surface area contributed by atoms with E-state index in [1.54, 1.807) is 11.0 Å². The second kappa shape index (κ2) is 5.78. The first-order valence-corrected chi connectivity index (χ1v) is 7.42. The van der Waals surface area contributed by atoms with Crippen molar-refractivity contribution in [3.63, 3.8) is 0 Å². The molecule has 21 heavy (non-hydrogen) atoms. The van der Waals surface area contributed by atoms with Gasteiger partial charge in [-0.05, 0) is 23.1 Å². The number of halogens is 1. The van der Waals surface area contributed by atoms with Gasteiger partial charge in [0.05, 0.1) is 12.1 Å². The maximum absolute atomic E-state index is 11.4. The molecule has 0 aliphatic heterocycles. The Morgan fingerprint density at radius 1 is 1.24 bits per heavy atom. The number of benzene rings is 1. The van der Waals surface area contributed by atoms with Crippen molar-refractivity contribution < 1.29 is 5.11 Å². The zero-order valence-corrected chi connectivity index (χ0v) is 13.7. The molecule has 0 amide bonds. The van der Waals surface area contributed by atoms with Crippen LogP contribution in [0.15, 0.2) is 36.9 Å². The van der Waals surface area contributed by atoms with E-state index in [0.29, 0.717) is 11.6 Å². The predicted molar refractivity (Wildman–Crippen MR) is 84.3 cm³/mol. The highest BCUT2D eigenvalue weighted by Crippen LogP contribution is 2.42. The first-order valence-electron chi connectivity index (χ1n) is 7.04. The van der Waals surface area contributed by atoms with E-state index < -0.39 is 5.60 Å². The monoisotopic (exact) mass is 307 g/mol. The summed E-state index contributed by atoms with van der Waals surface area (Å²) in [4.78, 5) is 3.96. The summed E-state index contributed by atoms with van der Waals surface area (Å²) in [7, 11) is 0. The second-order valence-electron chi connectivity index (χ2n) is 6.54. The van der Waals surface area contributed by atoms with Gasteiger partial charge in [0.2, 0.25) is 0 Å². The van der Waals surface area contributed by atoms with Crippen LogP contribution in [0.25, 0.3) is 0 Å². The lowest BCUT2D eigenvalue weighted by Gasteiger charge is -2.44. The summed E-state index contributed by atoms with van der Waals surface area (Å²) in [5.74, 6) is -0.0704. The summed E-state index contributed by atoms with van der Waals surface area (Å²) in [6.45, 7) is 8.54. The molecule has 0 spiro atoms. The Morgan fingerprint density at radius 3 is 2.33 bits per heavy atom. The van der Waals surface area contributed by atoms with Crippen LogP contribution >= 0.6 is 11.6 Å². The summed E-state index contributed by atoms with van der Waals surface area (Å²) < 4.78 is 1.68. The minimum atomic E-state index is -0.964. The molecule has 0 aliphatic rings. The maximum atomic E-state index is 11.4. The molecular weight excluding hydrogens is 286 g/mol. The molecule has 0 bridgehead atoms. The molecule has 1 N–H and O–H groups in total. The normalized spacial score (nSPS) is 16.5. The van der Waals surface area contributed by atoms with Gasteiger partial charge in [0.25, 0.3) is 0 Å². The number of nitrogens with zero attached hydrogens (tertiary/aromatic N) is 3. The minimum absolute atomic E-state index is 0.0704. The minimum Gasteiger partial charge on any atom is -0.387 e. The van der Waals surface area contributed by atoms with E-state index >= 15 is 0 Å². The van der Waals surface area contributed by atoms with Crippen LogP contribution in [0.5, 0.6) is 0 Å². The third-order valence-corrected chi connectivity index (χ3v) is 4.51. The number of hydrogen-bond donors (Lipinski definition) is 1. The number of aliphatic hydroxyl groups is 1. The fourth-order valence-electron chi connectivity index (χ4n) is 2.61. The Morgan fingerprint density at radius 2 is 1.86 bits per heavy atom. The molecule has 1 heterocycles. The topological polar surface area (TPSA) is 50.9 Å². The Kier molecular flexibility index (Phi) is 4.40. The van der Waals surface area contributed by atoms with Crippen LogP contribution in [-0.4, -0.2) is 25.5 Å². The second-order valence-corrected chi connectivity index (χ2v) is 6.98. The largest absolute Gasteiger partial charge is 0.387 e. The molecule has 2 aromatic rings. The van der Waals surface area contributed by atoms with Gasteiger partial charge in [0.1, 0.15) is 12.7 Å². The molecule has 2 atom stereocenters. The molecule has 2 rings (SSSR count). The average Bonchev–Trinajstić information content (AvgIpc) is 2.90. The van der Waals surface area contributed by atoms with Gasteiger partial charge < -0.3 is 5.11 Å². The van der Waals surface area contributed by atoms with E-state index in [1.807, 2.05) is 52.0 Å². The summed E-state index contributed by atoms with van der Waals surface area (Å²) in [5, 5.41) is 16.2. The van der Waals surface area contributed by atoms with Crippen LogP contribution < -0.4 is 0 Å². The predicted octanol–water partition coefficient (Wildman–Crippen LogP) is 3.51. The van der Waals surface area contributed by atoms with Gasteiger partial charge >= 0.3 is 0 Å². The van der Waals surface area contributed by atoms with Gasteiger partial charge in [0.15, 0.2) is 0 Å². The van der Waals surface area contributed by atoms with Crippen molar-refractivity contribution in [2.45, 2.75) is 45.8 Å². The lowest BCUT2D eigenvalue weighted by atomic mass is 9.67. The lowest BCUT2D eigenvalue weighted by Crippen LogP contribution is -2.50. The van der Waals surface area contributed by atoms with Gasteiger partial charge in [-0.25, -0.2) is 4.98 Å². The Hall–Kier alpha value is -1.39. The standard InChI is InChI=1S/C16H22ClN3O/c1-12(13-5-7-14(17)8-6-13)16(21,15(2,3)4)9-20-11-18-10-19-20/h5-8,10-12,21H,9H2,1-4H3. The molecule has 2 unspecified atom stereocenters.